The van der Waals surface area contributed by atoms with Crippen molar-refractivity contribution >= 4 is 12.0 Å². The molecule has 0 unspecified atom stereocenters. The number of carboxylic acids is 1. The van der Waals surface area contributed by atoms with Crippen molar-refractivity contribution in [2.24, 2.45) is 0 Å². The molecule has 1 saturated heterocycles. The Morgan fingerprint density at radius 3 is 2.73 bits per heavy atom. The number of benzene rings is 1. The van der Waals surface area contributed by atoms with Crippen LogP contribution in [0.15, 0.2) is 18.2 Å². The van der Waals surface area contributed by atoms with E-state index in [1.54, 1.807) is 0 Å². The van der Waals surface area contributed by atoms with E-state index in [-0.39, 0.29) is 12.0 Å². The molecule has 0 radical (unpaired) electrons. The fraction of sp³-hybridized carbons (Fsp3) is 0.500. The molecule has 2 aliphatic heterocycles. The van der Waals surface area contributed by atoms with Crippen molar-refractivity contribution in [2.45, 2.75) is 38.7 Å². The number of hydrogen-bond acceptors (Lipinski definition) is 3. The molecule has 4 heteroatoms. The minimum Gasteiger partial charge on any atom is -0.482 e. The molecule has 3 rings (SSSR count). The average molecular weight is 301 g/mol. The van der Waals surface area contributed by atoms with Crippen molar-refractivity contribution in [1.82, 2.24) is 4.90 Å². The van der Waals surface area contributed by atoms with Crippen LogP contribution in [0.4, 0.5) is 0 Å². The lowest BCUT2D eigenvalue weighted by Crippen LogP contribution is -2.48. The molecule has 0 atom stereocenters. The third-order valence-electron chi connectivity index (χ3n) is 4.92. The van der Waals surface area contributed by atoms with Gasteiger partial charge in [0.1, 0.15) is 11.4 Å². The van der Waals surface area contributed by atoms with Gasteiger partial charge in [0, 0.05) is 38.0 Å². The van der Waals surface area contributed by atoms with Gasteiger partial charge in [-0.3, -0.25) is 4.79 Å². The Bertz CT molecular complexity index is 613. The molecular weight excluding hydrogens is 278 g/mol. The quantitative estimate of drug-likeness (QED) is 0.932. The standard InChI is InChI=1S/C18H23NO3/c1-13-3-4-15-5-7-18(22-17(15)14(13)2)8-11-19(12-9-18)10-6-16(20)21/h3-5,7H,6,8-12H2,1-2H3,(H,20,21). The third-order valence-corrected chi connectivity index (χ3v) is 4.92. The SMILES string of the molecule is Cc1ccc2c(c1C)OC1(C=C2)CCN(CCC(=O)O)CC1. The zero-order valence-electron chi connectivity index (χ0n) is 13.3. The Morgan fingerprint density at radius 1 is 1.32 bits per heavy atom. The minimum absolute atomic E-state index is 0.213. The molecule has 2 aliphatic rings. The maximum Gasteiger partial charge on any atom is 0.304 e. The van der Waals surface area contributed by atoms with Crippen LogP contribution < -0.4 is 4.74 Å². The normalized spacial score (nSPS) is 19.7. The van der Waals surface area contributed by atoms with Crippen molar-refractivity contribution in [2.75, 3.05) is 19.6 Å². The first-order chi connectivity index (χ1) is 10.5. The lowest BCUT2D eigenvalue weighted by atomic mass is 9.87. The van der Waals surface area contributed by atoms with E-state index in [1.807, 2.05) is 0 Å². The van der Waals surface area contributed by atoms with Crippen molar-refractivity contribution in [3.8, 4) is 5.75 Å². The van der Waals surface area contributed by atoms with Crippen LogP contribution in [0.1, 0.15) is 36.0 Å². The van der Waals surface area contributed by atoms with Gasteiger partial charge in [0.2, 0.25) is 0 Å². The summed E-state index contributed by atoms with van der Waals surface area (Å²) in [7, 11) is 0. The number of hydrogen-bond donors (Lipinski definition) is 1. The second-order valence-corrected chi connectivity index (χ2v) is 6.41. The summed E-state index contributed by atoms with van der Waals surface area (Å²) in [5, 5.41) is 8.79. The predicted molar refractivity (Wildman–Crippen MR) is 86.2 cm³/mol. The van der Waals surface area contributed by atoms with Crippen LogP contribution in [-0.2, 0) is 4.79 Å². The molecule has 1 fully saturated rings. The summed E-state index contributed by atoms with van der Waals surface area (Å²) < 4.78 is 6.42. The number of aryl methyl sites for hydroxylation is 1. The highest BCUT2D eigenvalue weighted by Gasteiger charge is 2.37. The third kappa shape index (κ3) is 2.88. The van der Waals surface area contributed by atoms with Gasteiger partial charge in [-0.2, -0.15) is 0 Å². The summed E-state index contributed by atoms with van der Waals surface area (Å²) in [4.78, 5) is 12.9. The molecule has 4 nitrogen and oxygen atoms in total. The van der Waals surface area contributed by atoms with Gasteiger partial charge in [0.25, 0.3) is 0 Å². The highest BCUT2D eigenvalue weighted by molar-refractivity contribution is 5.67. The zero-order chi connectivity index (χ0) is 15.7. The fourth-order valence-electron chi connectivity index (χ4n) is 3.23. The second kappa shape index (κ2) is 5.76. The van der Waals surface area contributed by atoms with Crippen molar-refractivity contribution in [1.29, 1.82) is 0 Å². The molecular formula is C18H23NO3. The molecule has 1 aromatic rings. The van der Waals surface area contributed by atoms with Gasteiger partial charge < -0.3 is 14.7 Å². The highest BCUT2D eigenvalue weighted by atomic mass is 16.5. The number of carbonyl (C=O) groups is 1. The topological polar surface area (TPSA) is 49.8 Å². The molecule has 1 spiro atoms. The number of piperidine rings is 1. The Balaban J connectivity index is 1.70. The van der Waals surface area contributed by atoms with E-state index in [9.17, 15) is 4.79 Å². The number of likely N-dealkylation sites (tertiary alicyclic amines) is 1. The number of rotatable bonds is 3. The van der Waals surface area contributed by atoms with Gasteiger partial charge in [0.15, 0.2) is 0 Å². The highest BCUT2D eigenvalue weighted by Crippen LogP contribution is 2.39. The lowest BCUT2D eigenvalue weighted by molar-refractivity contribution is -0.137. The summed E-state index contributed by atoms with van der Waals surface area (Å²) in [6.07, 6.45) is 6.41. The summed E-state index contributed by atoms with van der Waals surface area (Å²) in [5.41, 5.74) is 3.41. The maximum atomic E-state index is 10.7. The van der Waals surface area contributed by atoms with Crippen LogP contribution in [0, 0.1) is 13.8 Å². The van der Waals surface area contributed by atoms with E-state index in [0.29, 0.717) is 6.54 Å². The Kier molecular flexibility index (Phi) is 3.96. The number of fused-ring (bicyclic) bond motifs is 1. The number of carboxylic acid groups (broad SMARTS) is 1. The second-order valence-electron chi connectivity index (χ2n) is 6.41. The molecule has 22 heavy (non-hydrogen) atoms. The number of aliphatic carboxylic acids is 1. The number of nitrogens with zero attached hydrogens (tertiary/aromatic N) is 1. The summed E-state index contributed by atoms with van der Waals surface area (Å²) in [5.74, 6) is 0.288. The van der Waals surface area contributed by atoms with Gasteiger partial charge in [-0.05, 0) is 31.1 Å². The Hall–Kier alpha value is -1.81. The number of ether oxygens (including phenoxy) is 1. The van der Waals surface area contributed by atoms with Crippen molar-refractivity contribution in [3.05, 3.63) is 34.9 Å². The van der Waals surface area contributed by atoms with E-state index >= 15 is 0 Å². The minimum atomic E-state index is -0.728. The molecule has 0 aromatic heterocycles. The average Bonchev–Trinajstić information content (AvgIpc) is 2.51. The summed E-state index contributed by atoms with van der Waals surface area (Å²) in [6, 6.07) is 4.25. The van der Waals surface area contributed by atoms with Crippen molar-refractivity contribution in [3.63, 3.8) is 0 Å². The zero-order valence-corrected chi connectivity index (χ0v) is 13.3. The van der Waals surface area contributed by atoms with Crippen LogP contribution in [-0.4, -0.2) is 41.2 Å². The summed E-state index contributed by atoms with van der Waals surface area (Å²) >= 11 is 0. The molecule has 0 aliphatic carbocycles. The van der Waals surface area contributed by atoms with Gasteiger partial charge in [-0.15, -0.1) is 0 Å². The van der Waals surface area contributed by atoms with E-state index in [4.69, 9.17) is 9.84 Å². The van der Waals surface area contributed by atoms with Gasteiger partial charge in [0.05, 0.1) is 6.42 Å². The Labute approximate surface area is 131 Å². The molecule has 0 bridgehead atoms. The molecule has 0 amide bonds. The van der Waals surface area contributed by atoms with Gasteiger partial charge in [-0.1, -0.05) is 18.2 Å². The van der Waals surface area contributed by atoms with Crippen LogP contribution in [0.25, 0.3) is 6.08 Å². The van der Waals surface area contributed by atoms with E-state index in [1.165, 1.54) is 11.1 Å². The first-order valence-electron chi connectivity index (χ1n) is 7.92. The van der Waals surface area contributed by atoms with Crippen LogP contribution >= 0.6 is 0 Å². The molecule has 2 heterocycles. The van der Waals surface area contributed by atoms with Gasteiger partial charge >= 0.3 is 5.97 Å². The largest absolute Gasteiger partial charge is 0.482 e. The molecule has 0 saturated carbocycles. The molecule has 118 valence electrons. The fourth-order valence-corrected chi connectivity index (χ4v) is 3.23. The van der Waals surface area contributed by atoms with Crippen LogP contribution in [0.5, 0.6) is 5.75 Å². The maximum absolute atomic E-state index is 10.7. The van der Waals surface area contributed by atoms with E-state index in [0.717, 1.165) is 37.2 Å². The van der Waals surface area contributed by atoms with Gasteiger partial charge in [-0.25, -0.2) is 0 Å². The first-order valence-corrected chi connectivity index (χ1v) is 7.92. The summed E-state index contributed by atoms with van der Waals surface area (Å²) in [6.45, 7) is 6.63. The monoisotopic (exact) mass is 301 g/mol. The smallest absolute Gasteiger partial charge is 0.304 e. The van der Waals surface area contributed by atoms with Crippen LogP contribution in [0.2, 0.25) is 0 Å². The Morgan fingerprint density at radius 2 is 2.05 bits per heavy atom. The predicted octanol–water partition coefficient (Wildman–Crippen LogP) is 3.02. The van der Waals surface area contributed by atoms with E-state index in [2.05, 4.69) is 43.0 Å². The molecule has 1 N–H and O–H groups in total. The molecule has 1 aromatic carbocycles. The van der Waals surface area contributed by atoms with Crippen molar-refractivity contribution < 1.29 is 14.6 Å². The lowest BCUT2D eigenvalue weighted by Gasteiger charge is -2.42. The van der Waals surface area contributed by atoms with Crippen LogP contribution in [0.3, 0.4) is 0 Å². The first kappa shape index (κ1) is 15.1. The van der Waals surface area contributed by atoms with E-state index < -0.39 is 5.97 Å².